The van der Waals surface area contributed by atoms with Crippen molar-refractivity contribution in [3.8, 4) is 5.75 Å². The Balaban J connectivity index is 2.05. The van der Waals surface area contributed by atoms with Crippen LogP contribution >= 0.6 is 34.8 Å². The number of amides is 2. The summed E-state index contributed by atoms with van der Waals surface area (Å²) in [5, 5.41) is 3.73. The lowest BCUT2D eigenvalue weighted by molar-refractivity contribution is -0.139. The highest BCUT2D eigenvalue weighted by atomic mass is 35.5. The molecule has 41 heavy (non-hydrogen) atoms. The molecule has 0 aromatic heterocycles. The van der Waals surface area contributed by atoms with E-state index in [1.807, 2.05) is 13.8 Å². The zero-order valence-corrected chi connectivity index (χ0v) is 26.2. The lowest BCUT2D eigenvalue weighted by Crippen LogP contribution is -2.51. The number of benzene rings is 3. The van der Waals surface area contributed by atoms with Gasteiger partial charge in [0.1, 0.15) is 18.3 Å². The number of halogens is 3. The molecule has 0 saturated carbocycles. The summed E-state index contributed by atoms with van der Waals surface area (Å²) in [6.07, 6.45) is 0. The zero-order chi connectivity index (χ0) is 30.3. The van der Waals surface area contributed by atoms with Crippen LogP contribution in [-0.4, -0.2) is 51.4 Å². The summed E-state index contributed by atoms with van der Waals surface area (Å²) in [5.41, 5.74) is 0.606. The van der Waals surface area contributed by atoms with E-state index in [9.17, 15) is 18.0 Å². The number of ether oxygens (including phenoxy) is 1. The van der Waals surface area contributed by atoms with E-state index in [4.69, 9.17) is 39.5 Å². The van der Waals surface area contributed by atoms with Gasteiger partial charge in [0.25, 0.3) is 10.0 Å². The Morgan fingerprint density at radius 2 is 1.54 bits per heavy atom. The third kappa shape index (κ3) is 8.29. The van der Waals surface area contributed by atoms with Gasteiger partial charge >= 0.3 is 0 Å². The number of carbonyl (C=O) groups is 2. The first-order valence-corrected chi connectivity index (χ1v) is 15.3. The number of anilines is 1. The lowest BCUT2D eigenvalue weighted by atomic mass is 10.1. The molecule has 220 valence electrons. The second-order valence-corrected chi connectivity index (χ2v) is 12.8. The average Bonchev–Trinajstić information content (AvgIpc) is 2.93. The van der Waals surface area contributed by atoms with Crippen LogP contribution in [0.1, 0.15) is 26.3 Å². The van der Waals surface area contributed by atoms with Crippen molar-refractivity contribution in [1.82, 2.24) is 10.2 Å². The topological polar surface area (TPSA) is 96.0 Å². The van der Waals surface area contributed by atoms with Crippen LogP contribution in [0.4, 0.5) is 5.69 Å². The summed E-state index contributed by atoms with van der Waals surface area (Å²) in [4.78, 5) is 28.3. The molecule has 3 rings (SSSR count). The summed E-state index contributed by atoms with van der Waals surface area (Å²) >= 11 is 19.0. The van der Waals surface area contributed by atoms with Crippen molar-refractivity contribution in [2.75, 3.05) is 24.5 Å². The van der Waals surface area contributed by atoms with Gasteiger partial charge in [-0.3, -0.25) is 13.9 Å². The molecule has 2 amide bonds. The van der Waals surface area contributed by atoms with Crippen molar-refractivity contribution in [2.45, 2.75) is 38.3 Å². The van der Waals surface area contributed by atoms with E-state index < -0.39 is 34.4 Å². The lowest BCUT2D eigenvalue weighted by Gasteiger charge is -2.32. The number of methoxy groups -OCH3 is 1. The van der Waals surface area contributed by atoms with Crippen LogP contribution in [0, 0.1) is 5.92 Å². The van der Waals surface area contributed by atoms with Gasteiger partial charge < -0.3 is 15.0 Å². The molecule has 1 N–H and O–H groups in total. The van der Waals surface area contributed by atoms with Gasteiger partial charge in [-0.1, -0.05) is 60.8 Å². The van der Waals surface area contributed by atoms with E-state index in [2.05, 4.69) is 5.32 Å². The van der Waals surface area contributed by atoms with Gasteiger partial charge in [-0.05, 0) is 67.4 Å². The van der Waals surface area contributed by atoms with Gasteiger partial charge in [0, 0.05) is 33.7 Å². The normalized spacial score (nSPS) is 12.1. The minimum atomic E-state index is -4.26. The van der Waals surface area contributed by atoms with Gasteiger partial charge in [0.2, 0.25) is 11.8 Å². The second-order valence-electron chi connectivity index (χ2n) is 9.70. The Labute approximate surface area is 256 Å². The molecule has 0 aliphatic heterocycles. The van der Waals surface area contributed by atoms with E-state index >= 15 is 0 Å². The second kappa shape index (κ2) is 14.3. The molecule has 0 spiro atoms. The molecule has 1 unspecified atom stereocenters. The number of carbonyl (C=O) groups excluding carboxylic acids is 2. The third-order valence-corrected chi connectivity index (χ3v) is 9.00. The van der Waals surface area contributed by atoms with E-state index in [0.717, 1.165) is 4.31 Å². The van der Waals surface area contributed by atoms with Crippen molar-refractivity contribution >= 4 is 62.3 Å². The Bertz CT molecular complexity index is 1460. The highest BCUT2D eigenvalue weighted by Gasteiger charge is 2.33. The van der Waals surface area contributed by atoms with Crippen LogP contribution in [0.2, 0.25) is 15.1 Å². The molecular weight excluding hydrogens is 609 g/mol. The molecule has 12 heteroatoms. The zero-order valence-electron chi connectivity index (χ0n) is 23.1. The summed E-state index contributed by atoms with van der Waals surface area (Å²) in [5.74, 6) is -0.396. The quantitative estimate of drug-likeness (QED) is 0.261. The molecule has 8 nitrogen and oxygen atoms in total. The fraction of sp³-hybridized carbons (Fsp3) is 0.310. The molecule has 1 atom stereocenters. The number of sulfonamides is 1. The molecule has 0 aliphatic carbocycles. The molecule has 0 heterocycles. The Hall–Kier alpha value is -2.98. The van der Waals surface area contributed by atoms with Crippen LogP contribution in [-0.2, 0) is 26.2 Å². The van der Waals surface area contributed by atoms with Crippen LogP contribution in [0.25, 0.3) is 0 Å². The predicted molar refractivity (Wildman–Crippen MR) is 163 cm³/mol. The minimum Gasteiger partial charge on any atom is -0.497 e. The number of hydrogen-bond acceptors (Lipinski definition) is 5. The Morgan fingerprint density at radius 3 is 2.10 bits per heavy atom. The maximum atomic E-state index is 14.0. The van der Waals surface area contributed by atoms with Crippen LogP contribution in [0.5, 0.6) is 5.75 Å². The molecule has 3 aromatic rings. The van der Waals surface area contributed by atoms with Gasteiger partial charge in [-0.2, -0.15) is 0 Å². The summed E-state index contributed by atoms with van der Waals surface area (Å²) in [7, 11) is -2.79. The van der Waals surface area contributed by atoms with Gasteiger partial charge in [-0.15, -0.1) is 0 Å². The van der Waals surface area contributed by atoms with Crippen LogP contribution in [0.3, 0.4) is 0 Å². The number of nitrogens with zero attached hydrogens (tertiary/aromatic N) is 2. The average molecular weight is 641 g/mol. The van der Waals surface area contributed by atoms with Crippen molar-refractivity contribution in [3.05, 3.63) is 87.4 Å². The molecule has 0 radical (unpaired) electrons. The van der Waals surface area contributed by atoms with Crippen molar-refractivity contribution in [2.24, 2.45) is 5.92 Å². The van der Waals surface area contributed by atoms with Crippen LogP contribution < -0.4 is 14.4 Å². The largest absolute Gasteiger partial charge is 0.497 e. The standard InChI is InChI=1S/C29H32Cl3N3O5S/c1-19(2)16-33-29(37)20(3)34(17-25-26(31)9-6-10-27(25)32)28(36)18-35(22-8-5-7-21(30)15-22)41(38,39)24-13-11-23(40-4)12-14-24/h5-15,19-20H,16-18H2,1-4H3,(H,33,37). The van der Waals surface area contributed by atoms with Crippen molar-refractivity contribution in [3.63, 3.8) is 0 Å². The minimum absolute atomic E-state index is 0.0606. The fourth-order valence-corrected chi connectivity index (χ4v) is 6.03. The van der Waals surface area contributed by atoms with Crippen molar-refractivity contribution in [1.29, 1.82) is 0 Å². The molecule has 0 fully saturated rings. The monoisotopic (exact) mass is 639 g/mol. The maximum Gasteiger partial charge on any atom is 0.264 e. The Kier molecular flexibility index (Phi) is 11.3. The summed E-state index contributed by atoms with van der Waals surface area (Å²) in [6, 6.07) is 15.9. The number of rotatable bonds is 12. The van der Waals surface area contributed by atoms with E-state index in [1.165, 1.54) is 48.4 Å². The highest BCUT2D eigenvalue weighted by molar-refractivity contribution is 7.92. The first-order chi connectivity index (χ1) is 19.3. The third-order valence-electron chi connectivity index (χ3n) is 6.26. The van der Waals surface area contributed by atoms with Gasteiger partial charge in [0.15, 0.2) is 0 Å². The van der Waals surface area contributed by atoms with E-state index in [1.54, 1.807) is 37.3 Å². The first kappa shape index (κ1) is 32.5. The number of hydrogen-bond donors (Lipinski definition) is 1. The van der Waals surface area contributed by atoms with Crippen LogP contribution in [0.15, 0.2) is 71.6 Å². The molecule has 0 aliphatic rings. The molecule has 0 saturated heterocycles. The molecule has 3 aromatic carbocycles. The van der Waals surface area contributed by atoms with E-state index in [0.29, 0.717) is 27.9 Å². The highest BCUT2D eigenvalue weighted by Crippen LogP contribution is 2.29. The fourth-order valence-electron chi connectivity index (χ4n) is 3.92. The van der Waals surface area contributed by atoms with E-state index in [-0.39, 0.29) is 28.1 Å². The first-order valence-electron chi connectivity index (χ1n) is 12.8. The SMILES string of the molecule is COc1ccc(S(=O)(=O)N(CC(=O)N(Cc2c(Cl)cccc2Cl)C(C)C(=O)NCC(C)C)c2cccc(Cl)c2)cc1. The van der Waals surface area contributed by atoms with Gasteiger partial charge in [0.05, 0.1) is 17.7 Å². The Morgan fingerprint density at radius 1 is 0.927 bits per heavy atom. The summed E-state index contributed by atoms with van der Waals surface area (Å²) in [6.45, 7) is 5.12. The molecular formula is C29H32Cl3N3O5S. The van der Waals surface area contributed by atoms with Crippen molar-refractivity contribution < 1.29 is 22.7 Å². The predicted octanol–water partition coefficient (Wildman–Crippen LogP) is 6.04. The number of nitrogens with one attached hydrogen (secondary N) is 1. The summed E-state index contributed by atoms with van der Waals surface area (Å²) < 4.78 is 33.9. The van der Waals surface area contributed by atoms with Gasteiger partial charge in [-0.25, -0.2) is 8.42 Å². The molecule has 0 bridgehead atoms. The smallest absolute Gasteiger partial charge is 0.264 e. The maximum absolute atomic E-state index is 14.0.